The third-order valence-electron chi connectivity index (χ3n) is 2.56. The molecule has 19 heavy (non-hydrogen) atoms. The first-order valence-corrected chi connectivity index (χ1v) is 7.84. The number of benzene rings is 1. The number of aryl methyl sites for hydroxylation is 3. The van der Waals surface area contributed by atoms with Crippen LogP contribution in [0.1, 0.15) is 17.5 Å². The van der Waals surface area contributed by atoms with Crippen LogP contribution in [0.4, 0.5) is 0 Å². The van der Waals surface area contributed by atoms with Crippen LogP contribution in [0, 0.1) is 13.8 Å². The predicted octanol–water partition coefficient (Wildman–Crippen LogP) is 1.92. The SMILES string of the molecule is CC[n+]1c(C)sc2ccc(C)cc21.COS(=O)(=O)[O-]. The van der Waals surface area contributed by atoms with Crippen LogP contribution in [0.2, 0.25) is 0 Å². The van der Waals surface area contributed by atoms with Gasteiger partial charge in [0.1, 0.15) is 11.2 Å². The smallest absolute Gasteiger partial charge is 0.235 e. The van der Waals surface area contributed by atoms with Crippen molar-refractivity contribution in [1.82, 2.24) is 0 Å². The Hall–Kier alpha value is -1.02. The van der Waals surface area contributed by atoms with Gasteiger partial charge in [-0.3, -0.25) is 4.18 Å². The Kier molecular flexibility index (Phi) is 5.42. The maximum absolute atomic E-state index is 9.22. The van der Waals surface area contributed by atoms with Crippen LogP contribution >= 0.6 is 11.3 Å². The van der Waals surface area contributed by atoms with Crippen molar-refractivity contribution < 1.29 is 21.7 Å². The molecule has 5 nitrogen and oxygen atoms in total. The standard InChI is InChI=1S/C11H14NS.CH4O4S/c1-4-12-9(3)13-11-6-5-8(2)7-10(11)12;1-5-6(2,3)4/h5-7H,4H2,1-3H3;1H3,(H,2,3,4)/q+1;/p-1. The van der Waals surface area contributed by atoms with Crippen LogP contribution in [0.15, 0.2) is 18.2 Å². The molecule has 0 amide bonds. The Bertz CT molecular complexity index is 662. The van der Waals surface area contributed by atoms with Crippen LogP contribution in [-0.4, -0.2) is 20.1 Å². The van der Waals surface area contributed by atoms with Gasteiger partial charge in [-0.25, -0.2) is 8.42 Å². The average molecular weight is 303 g/mol. The zero-order chi connectivity index (χ0) is 14.6. The fraction of sp³-hybridized carbons (Fsp3) is 0.417. The molecule has 0 fully saturated rings. The van der Waals surface area contributed by atoms with E-state index in [0.717, 1.165) is 13.7 Å². The van der Waals surface area contributed by atoms with Gasteiger partial charge in [0.2, 0.25) is 20.9 Å². The normalized spacial score (nSPS) is 11.2. The van der Waals surface area contributed by atoms with Gasteiger partial charge in [0.25, 0.3) is 0 Å². The van der Waals surface area contributed by atoms with Gasteiger partial charge >= 0.3 is 0 Å². The van der Waals surface area contributed by atoms with E-state index in [0.29, 0.717) is 0 Å². The number of thiazole rings is 1. The molecule has 2 aromatic rings. The van der Waals surface area contributed by atoms with Crippen LogP contribution in [0.3, 0.4) is 0 Å². The molecule has 0 spiro atoms. The highest BCUT2D eigenvalue weighted by Crippen LogP contribution is 2.20. The highest BCUT2D eigenvalue weighted by atomic mass is 32.3. The van der Waals surface area contributed by atoms with E-state index in [2.05, 4.69) is 47.7 Å². The number of hydrogen-bond donors (Lipinski definition) is 0. The molecule has 0 saturated carbocycles. The van der Waals surface area contributed by atoms with E-state index in [-0.39, 0.29) is 0 Å². The number of rotatable bonds is 2. The molecule has 0 aliphatic carbocycles. The van der Waals surface area contributed by atoms with E-state index in [1.165, 1.54) is 20.8 Å². The molecular weight excluding hydrogens is 286 g/mol. The van der Waals surface area contributed by atoms with Gasteiger partial charge in [0.05, 0.1) is 7.11 Å². The van der Waals surface area contributed by atoms with E-state index < -0.39 is 10.4 Å². The molecular formula is C12H17NO4S2. The van der Waals surface area contributed by atoms with Gasteiger partial charge in [-0.05, 0) is 25.5 Å². The Morgan fingerprint density at radius 2 is 1.95 bits per heavy atom. The largest absolute Gasteiger partial charge is 0.726 e. The van der Waals surface area contributed by atoms with E-state index >= 15 is 0 Å². The maximum atomic E-state index is 9.22. The summed E-state index contributed by atoms with van der Waals surface area (Å²) >= 11 is 1.87. The van der Waals surface area contributed by atoms with Crippen molar-refractivity contribution in [2.45, 2.75) is 27.3 Å². The van der Waals surface area contributed by atoms with Gasteiger partial charge < -0.3 is 4.55 Å². The van der Waals surface area contributed by atoms with Crippen LogP contribution < -0.4 is 4.57 Å². The Morgan fingerprint density at radius 3 is 2.42 bits per heavy atom. The molecule has 1 aromatic carbocycles. The first-order valence-electron chi connectivity index (χ1n) is 5.69. The van der Waals surface area contributed by atoms with Crippen molar-refractivity contribution >= 4 is 32.0 Å². The Balaban J connectivity index is 0.000000258. The second-order valence-corrected chi connectivity index (χ2v) is 6.30. The van der Waals surface area contributed by atoms with E-state index in [1.807, 2.05) is 11.3 Å². The molecule has 7 heteroatoms. The van der Waals surface area contributed by atoms with Gasteiger partial charge in [-0.15, -0.1) is 0 Å². The minimum absolute atomic E-state index is 0.808. The Labute approximate surface area is 117 Å². The van der Waals surface area contributed by atoms with Gasteiger partial charge in [0, 0.05) is 13.0 Å². The van der Waals surface area contributed by atoms with Crippen molar-refractivity contribution in [3.05, 3.63) is 28.8 Å². The summed E-state index contributed by atoms with van der Waals surface area (Å²) in [5.41, 5.74) is 2.72. The summed E-state index contributed by atoms with van der Waals surface area (Å²) < 4.78 is 34.8. The first-order chi connectivity index (χ1) is 8.78. The highest BCUT2D eigenvalue weighted by molar-refractivity contribution is 7.80. The molecule has 1 heterocycles. The second-order valence-electron chi connectivity index (χ2n) is 3.91. The lowest BCUT2D eigenvalue weighted by molar-refractivity contribution is -0.669. The molecule has 0 radical (unpaired) electrons. The average Bonchev–Trinajstić information content (AvgIpc) is 2.64. The predicted molar refractivity (Wildman–Crippen MR) is 73.9 cm³/mol. The maximum Gasteiger partial charge on any atom is 0.235 e. The van der Waals surface area contributed by atoms with Crippen LogP contribution in [-0.2, 0) is 21.1 Å². The molecule has 0 N–H and O–H groups in total. The van der Waals surface area contributed by atoms with Gasteiger partial charge in [-0.2, -0.15) is 4.57 Å². The molecule has 0 saturated heterocycles. The van der Waals surface area contributed by atoms with Gasteiger partial charge in [0.15, 0.2) is 0 Å². The fourth-order valence-electron chi connectivity index (χ4n) is 1.70. The summed E-state index contributed by atoms with van der Waals surface area (Å²) in [6.45, 7) is 7.59. The molecule has 0 atom stereocenters. The Morgan fingerprint density at radius 1 is 1.37 bits per heavy atom. The minimum Gasteiger partial charge on any atom is -0.726 e. The van der Waals surface area contributed by atoms with Crippen molar-refractivity contribution in [3.8, 4) is 0 Å². The number of fused-ring (bicyclic) bond motifs is 1. The first kappa shape index (κ1) is 16.0. The summed E-state index contributed by atoms with van der Waals surface area (Å²) in [5, 5.41) is 1.39. The van der Waals surface area contributed by atoms with Crippen molar-refractivity contribution in [2.75, 3.05) is 7.11 Å². The summed E-state index contributed by atoms with van der Waals surface area (Å²) in [5.74, 6) is 0. The lowest BCUT2D eigenvalue weighted by atomic mass is 10.2. The van der Waals surface area contributed by atoms with Crippen molar-refractivity contribution in [2.24, 2.45) is 0 Å². The van der Waals surface area contributed by atoms with Crippen molar-refractivity contribution in [3.63, 3.8) is 0 Å². The molecule has 1 aromatic heterocycles. The molecule has 2 rings (SSSR count). The lowest BCUT2D eigenvalue weighted by Gasteiger charge is -1.98. The third kappa shape index (κ3) is 4.54. The van der Waals surface area contributed by atoms with Crippen molar-refractivity contribution in [1.29, 1.82) is 0 Å². The van der Waals surface area contributed by atoms with Crippen LogP contribution in [0.5, 0.6) is 0 Å². The zero-order valence-electron chi connectivity index (χ0n) is 11.3. The molecule has 0 aliphatic heterocycles. The number of aromatic nitrogens is 1. The van der Waals surface area contributed by atoms with E-state index in [9.17, 15) is 13.0 Å². The fourth-order valence-corrected chi connectivity index (χ4v) is 2.77. The molecule has 106 valence electrons. The summed E-state index contributed by atoms with van der Waals surface area (Å²) in [6, 6.07) is 6.66. The molecule has 0 bridgehead atoms. The minimum atomic E-state index is -4.41. The topological polar surface area (TPSA) is 70.3 Å². The second kappa shape index (κ2) is 6.42. The molecule has 0 aliphatic rings. The number of hydrogen-bond acceptors (Lipinski definition) is 5. The van der Waals surface area contributed by atoms with E-state index in [1.54, 1.807) is 0 Å². The van der Waals surface area contributed by atoms with Crippen LogP contribution in [0.25, 0.3) is 10.2 Å². The quantitative estimate of drug-likeness (QED) is 0.483. The summed E-state index contributed by atoms with van der Waals surface area (Å²) in [7, 11) is -3.60. The summed E-state index contributed by atoms with van der Waals surface area (Å²) in [6.07, 6.45) is 0. The van der Waals surface area contributed by atoms with Gasteiger partial charge in [-0.1, -0.05) is 17.4 Å². The summed E-state index contributed by atoms with van der Waals surface area (Å²) in [4.78, 5) is 0. The molecule has 0 unspecified atom stereocenters. The number of nitrogens with zero attached hydrogens (tertiary/aromatic N) is 1. The highest BCUT2D eigenvalue weighted by Gasteiger charge is 2.14. The lowest BCUT2D eigenvalue weighted by Crippen LogP contribution is -2.33. The van der Waals surface area contributed by atoms with E-state index in [4.69, 9.17) is 0 Å². The zero-order valence-corrected chi connectivity index (χ0v) is 13.0. The monoisotopic (exact) mass is 303 g/mol. The third-order valence-corrected chi connectivity index (χ3v) is 4.05.